The van der Waals surface area contributed by atoms with Crippen molar-refractivity contribution in [1.29, 1.82) is 0 Å². The number of rotatable bonds is 8. The highest BCUT2D eigenvalue weighted by Gasteiger charge is 2.34. The summed E-state index contributed by atoms with van der Waals surface area (Å²) in [5.74, 6) is -1.86. The maximum atomic E-state index is 12.6. The number of fused-ring (bicyclic) bond motifs is 1. The molecule has 3 amide bonds. The first-order chi connectivity index (χ1) is 15.2. The highest BCUT2D eigenvalue weighted by Crippen LogP contribution is 2.34. The van der Waals surface area contributed by atoms with Gasteiger partial charge in [0.2, 0.25) is 0 Å². The van der Waals surface area contributed by atoms with Crippen LogP contribution in [0.3, 0.4) is 0 Å². The molecule has 0 saturated carbocycles. The number of aliphatic hydroxyl groups excluding tert-OH is 1. The lowest BCUT2D eigenvalue weighted by molar-refractivity contribution is -0.139. The molecule has 0 fully saturated rings. The van der Waals surface area contributed by atoms with Gasteiger partial charge in [0.1, 0.15) is 6.04 Å². The van der Waals surface area contributed by atoms with Crippen LogP contribution in [0.1, 0.15) is 41.4 Å². The van der Waals surface area contributed by atoms with E-state index in [1.807, 2.05) is 0 Å². The van der Waals surface area contributed by atoms with Gasteiger partial charge in [0, 0.05) is 19.2 Å². The van der Waals surface area contributed by atoms with Crippen LogP contribution in [0.2, 0.25) is 10.0 Å². The number of carbonyl (C=O) groups is 3. The predicted molar refractivity (Wildman–Crippen MR) is 121 cm³/mol. The number of carboxylic acid groups (broad SMARTS) is 1. The van der Waals surface area contributed by atoms with Crippen LogP contribution < -0.4 is 10.2 Å². The average Bonchev–Trinajstić information content (AvgIpc) is 2.76. The number of carboxylic acids is 1. The SMILES string of the molecule is CN1C(=O)N(CCCC[C@H](NC(=O)c2c(Cl)cccc2Cl)C(=O)O)C(O)c2ccccc21. The van der Waals surface area contributed by atoms with Crippen LogP contribution in [-0.4, -0.2) is 52.7 Å². The number of aliphatic hydroxyl groups is 1. The van der Waals surface area contributed by atoms with Gasteiger partial charge in [-0.1, -0.05) is 47.5 Å². The molecule has 0 spiro atoms. The number of aliphatic carboxylic acids is 1. The zero-order valence-corrected chi connectivity index (χ0v) is 18.8. The standard InChI is InChI=1S/C22H23Cl2N3O5/c1-26-17-11-3-2-7-13(17)20(29)27(22(26)32)12-5-4-10-16(21(30)31)25-19(28)18-14(23)8-6-9-15(18)24/h2-3,6-9,11,16,20,29H,4-5,10,12H2,1H3,(H,25,28)(H,30,31)/t16-,20?/m0/s1. The third-order valence-corrected chi connectivity index (χ3v) is 5.97. The molecule has 2 aromatic carbocycles. The second kappa shape index (κ2) is 10.2. The summed E-state index contributed by atoms with van der Waals surface area (Å²) < 4.78 is 0. The minimum Gasteiger partial charge on any atom is -0.480 e. The smallest absolute Gasteiger partial charge is 0.326 e. The molecule has 0 aliphatic carbocycles. The second-order valence-electron chi connectivity index (χ2n) is 7.42. The van der Waals surface area contributed by atoms with E-state index in [4.69, 9.17) is 23.2 Å². The molecule has 170 valence electrons. The lowest BCUT2D eigenvalue weighted by atomic mass is 10.1. The Morgan fingerprint density at radius 2 is 1.75 bits per heavy atom. The number of amides is 3. The molecule has 2 aromatic rings. The van der Waals surface area contributed by atoms with Crippen LogP contribution in [0.5, 0.6) is 0 Å². The lowest BCUT2D eigenvalue weighted by Gasteiger charge is -2.38. The molecule has 1 heterocycles. The number of halogens is 2. The van der Waals surface area contributed by atoms with Crippen molar-refractivity contribution in [3.8, 4) is 0 Å². The summed E-state index contributed by atoms with van der Waals surface area (Å²) in [6, 6.07) is 10.2. The quantitative estimate of drug-likeness (QED) is 0.497. The Hall–Kier alpha value is -2.81. The summed E-state index contributed by atoms with van der Waals surface area (Å²) in [4.78, 5) is 39.5. The van der Waals surface area contributed by atoms with Gasteiger partial charge in [0.05, 0.1) is 21.3 Å². The second-order valence-corrected chi connectivity index (χ2v) is 8.24. The first-order valence-electron chi connectivity index (χ1n) is 10.0. The van der Waals surface area contributed by atoms with Crippen molar-refractivity contribution in [2.75, 3.05) is 18.5 Å². The first kappa shape index (κ1) is 23.8. The van der Waals surface area contributed by atoms with Gasteiger partial charge < -0.3 is 15.5 Å². The van der Waals surface area contributed by atoms with Gasteiger partial charge >= 0.3 is 12.0 Å². The van der Waals surface area contributed by atoms with Crippen molar-refractivity contribution in [3.63, 3.8) is 0 Å². The molecule has 32 heavy (non-hydrogen) atoms. The molecule has 0 bridgehead atoms. The fourth-order valence-electron chi connectivity index (χ4n) is 3.63. The molecule has 8 nitrogen and oxygen atoms in total. The van der Waals surface area contributed by atoms with Gasteiger partial charge in [-0.05, 0) is 37.5 Å². The molecular formula is C22H23Cl2N3O5. The molecule has 0 aromatic heterocycles. The molecule has 3 rings (SSSR count). The van der Waals surface area contributed by atoms with E-state index in [2.05, 4.69) is 5.32 Å². The molecule has 1 aliphatic heterocycles. The Bertz CT molecular complexity index is 1010. The maximum Gasteiger partial charge on any atom is 0.326 e. The van der Waals surface area contributed by atoms with Gasteiger partial charge in [0.15, 0.2) is 6.23 Å². The van der Waals surface area contributed by atoms with Crippen molar-refractivity contribution in [1.82, 2.24) is 10.2 Å². The van der Waals surface area contributed by atoms with E-state index < -0.39 is 24.1 Å². The molecule has 1 aliphatic rings. The predicted octanol–water partition coefficient (Wildman–Crippen LogP) is 3.91. The van der Waals surface area contributed by atoms with Gasteiger partial charge in [-0.2, -0.15) is 0 Å². The molecule has 10 heteroatoms. The zero-order valence-electron chi connectivity index (χ0n) is 17.3. The monoisotopic (exact) mass is 479 g/mol. The number of urea groups is 1. The van der Waals surface area contributed by atoms with E-state index in [0.29, 0.717) is 24.1 Å². The van der Waals surface area contributed by atoms with E-state index in [1.54, 1.807) is 37.4 Å². The van der Waals surface area contributed by atoms with E-state index in [0.717, 1.165) is 0 Å². The highest BCUT2D eigenvalue weighted by molar-refractivity contribution is 6.39. The number of para-hydroxylation sites is 1. The Kier molecular flexibility index (Phi) is 7.60. The highest BCUT2D eigenvalue weighted by atomic mass is 35.5. The van der Waals surface area contributed by atoms with Crippen molar-refractivity contribution < 1.29 is 24.6 Å². The average molecular weight is 480 g/mol. The summed E-state index contributed by atoms with van der Waals surface area (Å²) in [6.45, 7) is 0.231. The third kappa shape index (κ3) is 4.98. The number of carbonyl (C=O) groups excluding carboxylic acids is 2. The van der Waals surface area contributed by atoms with Gasteiger partial charge in [-0.3, -0.25) is 14.6 Å². The van der Waals surface area contributed by atoms with E-state index >= 15 is 0 Å². The topological polar surface area (TPSA) is 110 Å². The molecule has 2 atom stereocenters. The van der Waals surface area contributed by atoms with E-state index in [1.165, 1.54) is 21.9 Å². The van der Waals surface area contributed by atoms with Crippen molar-refractivity contribution in [2.24, 2.45) is 0 Å². The lowest BCUT2D eigenvalue weighted by Crippen LogP contribution is -2.48. The van der Waals surface area contributed by atoms with Crippen LogP contribution in [-0.2, 0) is 4.79 Å². The number of unbranched alkanes of at least 4 members (excludes halogenated alkanes) is 1. The van der Waals surface area contributed by atoms with Gasteiger partial charge in [-0.25, -0.2) is 9.59 Å². The molecule has 0 saturated heterocycles. The van der Waals surface area contributed by atoms with Crippen LogP contribution >= 0.6 is 23.2 Å². The van der Waals surface area contributed by atoms with Crippen molar-refractivity contribution >= 4 is 46.8 Å². The first-order valence-corrected chi connectivity index (χ1v) is 10.8. The molecule has 0 radical (unpaired) electrons. The van der Waals surface area contributed by atoms with Crippen LogP contribution in [0.15, 0.2) is 42.5 Å². The number of anilines is 1. The molecule has 1 unspecified atom stereocenters. The minimum atomic E-state index is -1.19. The Balaban J connectivity index is 1.58. The Morgan fingerprint density at radius 1 is 1.09 bits per heavy atom. The van der Waals surface area contributed by atoms with Gasteiger partial charge in [0.25, 0.3) is 5.91 Å². The minimum absolute atomic E-state index is 0.0193. The largest absolute Gasteiger partial charge is 0.480 e. The summed E-state index contributed by atoms with van der Waals surface area (Å²) >= 11 is 12.0. The number of benzene rings is 2. The normalized spacial score (nSPS) is 16.5. The fourth-order valence-corrected chi connectivity index (χ4v) is 4.20. The summed E-state index contributed by atoms with van der Waals surface area (Å²) in [6.07, 6.45) is -0.110. The van der Waals surface area contributed by atoms with Crippen molar-refractivity contribution in [3.05, 3.63) is 63.6 Å². The van der Waals surface area contributed by atoms with Crippen LogP contribution in [0, 0.1) is 0 Å². The number of nitrogens with one attached hydrogen (secondary N) is 1. The summed E-state index contributed by atoms with van der Waals surface area (Å²) in [5, 5.41) is 22.8. The number of hydrogen-bond acceptors (Lipinski definition) is 4. The van der Waals surface area contributed by atoms with Crippen LogP contribution in [0.4, 0.5) is 10.5 Å². The molecule has 3 N–H and O–H groups in total. The van der Waals surface area contributed by atoms with Crippen molar-refractivity contribution in [2.45, 2.75) is 31.5 Å². The maximum absolute atomic E-state index is 12.6. The van der Waals surface area contributed by atoms with Gasteiger partial charge in [-0.15, -0.1) is 0 Å². The number of hydrogen-bond donors (Lipinski definition) is 3. The summed E-state index contributed by atoms with van der Waals surface area (Å²) in [5.41, 5.74) is 1.29. The Labute approximate surface area is 195 Å². The van der Waals surface area contributed by atoms with E-state index in [9.17, 15) is 24.6 Å². The summed E-state index contributed by atoms with van der Waals surface area (Å²) in [7, 11) is 1.63. The van der Waals surface area contributed by atoms with Crippen LogP contribution in [0.25, 0.3) is 0 Å². The fraction of sp³-hybridized carbons (Fsp3) is 0.318. The number of nitrogens with zero attached hydrogens (tertiary/aromatic N) is 2. The third-order valence-electron chi connectivity index (χ3n) is 5.34. The van der Waals surface area contributed by atoms with E-state index in [-0.39, 0.29) is 34.6 Å². The molecular weight excluding hydrogens is 457 g/mol. The zero-order chi connectivity index (χ0) is 23.4. The Morgan fingerprint density at radius 3 is 2.41 bits per heavy atom.